The highest BCUT2D eigenvalue weighted by Gasteiger charge is 2.33. The predicted octanol–water partition coefficient (Wildman–Crippen LogP) is 0.337. The minimum atomic E-state index is -0.339. The molecule has 0 aliphatic carbocycles. The van der Waals surface area contributed by atoms with Crippen LogP contribution >= 0.6 is 0 Å². The predicted molar refractivity (Wildman–Crippen MR) is 40.0 cm³/mol. The Morgan fingerprint density at radius 2 is 2.18 bits per heavy atom. The largest absolute Gasteiger partial charge is 0.326 e. The van der Waals surface area contributed by atoms with Crippen LogP contribution in [0.4, 0.5) is 4.79 Å². The molecule has 0 spiro atoms. The average molecular weight is 156 g/mol. The summed E-state index contributed by atoms with van der Waals surface area (Å²) < 4.78 is 0. The Bertz CT molecular complexity index is 191. The van der Waals surface area contributed by atoms with E-state index in [4.69, 9.17) is 0 Å². The molecule has 0 unspecified atom stereocenters. The summed E-state index contributed by atoms with van der Waals surface area (Å²) in [5.74, 6) is -0.114. The fourth-order valence-electron chi connectivity index (χ4n) is 1.09. The molecule has 1 fully saturated rings. The third-order valence-corrected chi connectivity index (χ3v) is 1.67. The topological polar surface area (TPSA) is 49.4 Å². The van der Waals surface area contributed by atoms with Crippen molar-refractivity contribution in [1.82, 2.24) is 10.2 Å². The van der Waals surface area contributed by atoms with Crippen molar-refractivity contribution in [3.63, 3.8) is 0 Å². The third kappa shape index (κ3) is 1.34. The van der Waals surface area contributed by atoms with Crippen LogP contribution in [0.25, 0.3) is 0 Å². The van der Waals surface area contributed by atoms with Gasteiger partial charge in [0.2, 0.25) is 0 Å². The zero-order valence-electron chi connectivity index (χ0n) is 6.76. The van der Waals surface area contributed by atoms with E-state index in [1.807, 2.05) is 6.92 Å². The SMILES string of the molecule is CCCN1C(=O)N[C@@H](C)C1=O. The molecule has 0 bridgehead atoms. The van der Waals surface area contributed by atoms with E-state index in [1.165, 1.54) is 4.90 Å². The number of carbonyl (C=O) groups excluding carboxylic acids is 2. The summed E-state index contributed by atoms with van der Waals surface area (Å²) in [7, 11) is 0. The maximum absolute atomic E-state index is 11.1. The molecule has 1 saturated heterocycles. The molecule has 1 atom stereocenters. The van der Waals surface area contributed by atoms with Crippen LogP contribution in [0.5, 0.6) is 0 Å². The third-order valence-electron chi connectivity index (χ3n) is 1.67. The Kier molecular flexibility index (Phi) is 2.12. The number of hydrogen-bond acceptors (Lipinski definition) is 2. The van der Waals surface area contributed by atoms with E-state index < -0.39 is 0 Å². The number of hydrogen-bond donors (Lipinski definition) is 1. The first-order chi connectivity index (χ1) is 5.16. The van der Waals surface area contributed by atoms with Crippen molar-refractivity contribution < 1.29 is 9.59 Å². The molecular formula is C7H12N2O2. The van der Waals surface area contributed by atoms with E-state index in [2.05, 4.69) is 5.32 Å². The monoisotopic (exact) mass is 156 g/mol. The second kappa shape index (κ2) is 2.90. The molecule has 0 saturated carbocycles. The lowest BCUT2D eigenvalue weighted by molar-refractivity contribution is -0.127. The number of amides is 3. The molecule has 0 aromatic heterocycles. The van der Waals surface area contributed by atoms with Gasteiger partial charge in [-0.3, -0.25) is 9.69 Å². The van der Waals surface area contributed by atoms with Gasteiger partial charge < -0.3 is 5.32 Å². The molecule has 0 aromatic rings. The molecule has 11 heavy (non-hydrogen) atoms. The van der Waals surface area contributed by atoms with Crippen LogP contribution in [0.3, 0.4) is 0 Å². The van der Waals surface area contributed by atoms with Crippen LogP contribution in [0.2, 0.25) is 0 Å². The van der Waals surface area contributed by atoms with Gasteiger partial charge in [0.05, 0.1) is 0 Å². The first kappa shape index (κ1) is 8.04. The van der Waals surface area contributed by atoms with Crippen molar-refractivity contribution in [2.24, 2.45) is 0 Å². The van der Waals surface area contributed by atoms with E-state index >= 15 is 0 Å². The summed E-state index contributed by atoms with van der Waals surface area (Å²) in [5.41, 5.74) is 0. The Morgan fingerprint density at radius 1 is 1.55 bits per heavy atom. The maximum atomic E-state index is 11.1. The molecule has 62 valence electrons. The van der Waals surface area contributed by atoms with E-state index in [0.29, 0.717) is 6.54 Å². The van der Waals surface area contributed by atoms with Gasteiger partial charge in [-0.2, -0.15) is 0 Å². The van der Waals surface area contributed by atoms with E-state index in [9.17, 15) is 9.59 Å². The van der Waals surface area contributed by atoms with Crippen molar-refractivity contribution in [3.8, 4) is 0 Å². The van der Waals surface area contributed by atoms with Crippen molar-refractivity contribution in [3.05, 3.63) is 0 Å². The standard InChI is InChI=1S/C7H12N2O2/c1-3-4-9-6(10)5(2)8-7(9)11/h5H,3-4H2,1-2H3,(H,8,11)/t5-/m0/s1. The van der Waals surface area contributed by atoms with Crippen LogP contribution < -0.4 is 5.32 Å². The van der Waals surface area contributed by atoms with Crippen LogP contribution in [0, 0.1) is 0 Å². The Morgan fingerprint density at radius 3 is 2.55 bits per heavy atom. The molecule has 1 aliphatic heterocycles. The fourth-order valence-corrected chi connectivity index (χ4v) is 1.09. The van der Waals surface area contributed by atoms with Gasteiger partial charge in [-0.25, -0.2) is 4.79 Å². The van der Waals surface area contributed by atoms with Gasteiger partial charge in [0.15, 0.2) is 0 Å². The molecule has 0 aromatic carbocycles. The zero-order valence-corrected chi connectivity index (χ0v) is 6.76. The molecule has 1 N–H and O–H groups in total. The van der Waals surface area contributed by atoms with E-state index in [-0.39, 0.29) is 18.0 Å². The van der Waals surface area contributed by atoms with Crippen LogP contribution in [-0.4, -0.2) is 29.4 Å². The minimum absolute atomic E-state index is 0.114. The lowest BCUT2D eigenvalue weighted by atomic mass is 10.3. The van der Waals surface area contributed by atoms with Crippen molar-refractivity contribution in [1.29, 1.82) is 0 Å². The van der Waals surface area contributed by atoms with E-state index in [0.717, 1.165) is 6.42 Å². The molecule has 4 nitrogen and oxygen atoms in total. The summed E-state index contributed by atoms with van der Waals surface area (Å²) in [6.07, 6.45) is 0.811. The number of urea groups is 1. The van der Waals surface area contributed by atoms with Gasteiger partial charge >= 0.3 is 6.03 Å². The van der Waals surface area contributed by atoms with Crippen LogP contribution in [-0.2, 0) is 4.79 Å². The Balaban J connectivity index is 2.64. The lowest BCUT2D eigenvalue weighted by Crippen LogP contribution is -2.31. The molecule has 1 aliphatic rings. The number of imide groups is 1. The molecule has 3 amide bonds. The summed E-state index contributed by atoms with van der Waals surface area (Å²) in [6.45, 7) is 4.15. The van der Waals surface area contributed by atoms with Crippen molar-refractivity contribution >= 4 is 11.9 Å². The average Bonchev–Trinajstić information content (AvgIpc) is 2.17. The normalized spacial score (nSPS) is 24.2. The number of carbonyl (C=O) groups is 2. The van der Waals surface area contributed by atoms with Crippen LogP contribution in [0.1, 0.15) is 20.3 Å². The quantitative estimate of drug-likeness (QED) is 0.586. The maximum Gasteiger partial charge on any atom is 0.324 e. The highest BCUT2D eigenvalue weighted by Crippen LogP contribution is 2.05. The molecule has 1 rings (SSSR count). The van der Waals surface area contributed by atoms with Gasteiger partial charge in [0.1, 0.15) is 6.04 Å². The zero-order chi connectivity index (χ0) is 8.43. The second-order valence-corrected chi connectivity index (χ2v) is 2.66. The van der Waals surface area contributed by atoms with Gasteiger partial charge in [0.25, 0.3) is 5.91 Å². The van der Waals surface area contributed by atoms with Crippen molar-refractivity contribution in [2.45, 2.75) is 26.3 Å². The summed E-state index contributed by atoms with van der Waals surface area (Å²) in [5, 5.41) is 2.54. The van der Waals surface area contributed by atoms with Gasteiger partial charge in [-0.15, -0.1) is 0 Å². The summed E-state index contributed by atoms with van der Waals surface area (Å²) >= 11 is 0. The fraction of sp³-hybridized carbons (Fsp3) is 0.714. The summed E-state index contributed by atoms with van der Waals surface area (Å²) in [4.78, 5) is 23.4. The van der Waals surface area contributed by atoms with Gasteiger partial charge in [-0.1, -0.05) is 6.92 Å². The first-order valence-corrected chi connectivity index (χ1v) is 3.78. The van der Waals surface area contributed by atoms with Crippen LogP contribution in [0.15, 0.2) is 0 Å². The lowest BCUT2D eigenvalue weighted by Gasteiger charge is -2.09. The first-order valence-electron chi connectivity index (χ1n) is 3.78. The Labute approximate surface area is 65.6 Å². The Hall–Kier alpha value is -1.06. The van der Waals surface area contributed by atoms with Gasteiger partial charge in [-0.05, 0) is 13.3 Å². The van der Waals surface area contributed by atoms with Crippen molar-refractivity contribution in [2.75, 3.05) is 6.54 Å². The molecular weight excluding hydrogens is 144 g/mol. The van der Waals surface area contributed by atoms with E-state index in [1.54, 1.807) is 6.92 Å². The number of nitrogens with zero attached hydrogens (tertiary/aromatic N) is 1. The summed E-state index contributed by atoms with van der Waals surface area (Å²) in [6, 6.07) is -0.599. The molecule has 1 heterocycles. The van der Waals surface area contributed by atoms with Gasteiger partial charge in [0, 0.05) is 6.54 Å². The number of rotatable bonds is 2. The smallest absolute Gasteiger partial charge is 0.324 e. The highest BCUT2D eigenvalue weighted by atomic mass is 16.2. The molecule has 4 heteroatoms. The number of nitrogens with one attached hydrogen (secondary N) is 1. The molecule has 0 radical (unpaired) electrons. The highest BCUT2D eigenvalue weighted by molar-refractivity contribution is 6.03. The second-order valence-electron chi connectivity index (χ2n) is 2.66. The minimum Gasteiger partial charge on any atom is -0.326 e.